The van der Waals surface area contributed by atoms with Gasteiger partial charge < -0.3 is 127 Å². The third kappa shape index (κ3) is 33.6. The van der Waals surface area contributed by atoms with Gasteiger partial charge in [0, 0.05) is 47.7 Å². The van der Waals surface area contributed by atoms with Crippen LogP contribution in [0.4, 0.5) is 10.5 Å². The number of amides is 15. The summed E-state index contributed by atoms with van der Waals surface area (Å²) in [5, 5.41) is 81.2. The largest absolute Gasteiger partial charge is 0.481 e. The number of aromatic amines is 1. The van der Waals surface area contributed by atoms with Crippen LogP contribution in [0.25, 0.3) is 10.9 Å². The fourth-order valence-corrected chi connectivity index (χ4v) is 11.9. The number of nitrogens with one attached hydrogen (secondary N) is 15. The minimum atomic E-state index is -2.45. The molecule has 0 saturated carbocycles. The normalized spacial score (nSPS) is 21.0. The van der Waals surface area contributed by atoms with Crippen LogP contribution in [-0.2, 0) is 97.5 Å². The van der Waals surface area contributed by atoms with E-state index in [4.69, 9.17) is 21.9 Å². The minimum absolute atomic E-state index is 0.0957. The zero-order valence-corrected chi connectivity index (χ0v) is 64.8. The predicted octanol–water partition coefficient (Wildman–Crippen LogP) is -5.44. The molecule has 642 valence electrons. The van der Waals surface area contributed by atoms with Crippen LogP contribution in [0.3, 0.4) is 0 Å². The number of esters is 1. The van der Waals surface area contributed by atoms with E-state index in [1.165, 1.54) is 24.3 Å². The molecule has 2 heterocycles. The number of ether oxygens (including phenoxy) is 1. The second kappa shape index (κ2) is 49.0. The molecule has 1 aliphatic rings. The number of aromatic nitrogens is 1. The van der Waals surface area contributed by atoms with Crippen molar-refractivity contribution in [3.05, 3.63) is 65.9 Å². The van der Waals surface area contributed by atoms with E-state index in [0.29, 0.717) is 22.9 Å². The number of fused-ring (bicyclic) bond motifs is 1. The highest BCUT2D eigenvalue weighted by Crippen LogP contribution is 2.21. The Hall–Kier alpha value is -12.9. The number of Topliss-reactive ketones (excluding diaryl/α,β-unsaturated/α-hetero) is 1. The Morgan fingerprint density at radius 3 is 1.68 bits per heavy atom. The number of carbonyl (C=O) groups excluding carboxylic acids is 16. The quantitative estimate of drug-likeness (QED) is 0.0112. The monoisotopic (exact) mass is 1650 g/mol. The first-order valence-corrected chi connectivity index (χ1v) is 37.6. The number of unbranched alkanes of at least 4 members (excludes halogenated alkanes) is 7. The number of benzene rings is 2. The first kappa shape index (κ1) is 96.5. The zero-order valence-electron chi connectivity index (χ0n) is 64.8. The van der Waals surface area contributed by atoms with E-state index >= 15 is 0 Å². The van der Waals surface area contributed by atoms with Gasteiger partial charge in [0.05, 0.1) is 51.8 Å². The highest BCUT2D eigenvalue weighted by atomic mass is 16.5. The first-order valence-electron chi connectivity index (χ1n) is 37.6. The summed E-state index contributed by atoms with van der Waals surface area (Å²) in [7, 11) is 0. The van der Waals surface area contributed by atoms with Crippen molar-refractivity contribution in [2.45, 2.75) is 209 Å². The van der Waals surface area contributed by atoms with Gasteiger partial charge in [-0.25, -0.2) is 9.59 Å². The van der Waals surface area contributed by atoms with Gasteiger partial charge in [-0.1, -0.05) is 89.1 Å². The van der Waals surface area contributed by atoms with Crippen LogP contribution >= 0.6 is 0 Å². The van der Waals surface area contributed by atoms with E-state index < -0.39 is 262 Å². The lowest BCUT2D eigenvalue weighted by Crippen LogP contribution is -2.62. The molecule has 117 heavy (non-hydrogen) atoms. The summed E-state index contributed by atoms with van der Waals surface area (Å²) in [6, 6.07) is -11.5. The van der Waals surface area contributed by atoms with Gasteiger partial charge in [0.25, 0.3) is 0 Å². The molecule has 0 spiro atoms. The number of aliphatic hydroxyl groups is 1. The van der Waals surface area contributed by atoms with E-state index in [9.17, 15) is 121 Å². The maximum atomic E-state index is 14.8. The Balaban J connectivity index is 1.86. The number of hydrogen-bond acceptors (Lipinski definition) is 24. The summed E-state index contributed by atoms with van der Waals surface area (Å²) in [6.45, 7) is 1.34. The lowest BCUT2D eigenvalue weighted by Gasteiger charge is -2.30. The maximum absolute atomic E-state index is 14.8. The summed E-state index contributed by atoms with van der Waals surface area (Å²) in [5.74, 6) is -29.3. The SMILES string of the molecule is CCCCCCCCCCNC(=O)NC(Cc1c[nH]c2ccccc12)C(=O)NC(CC(N)=O)C(=O)NC(CC(=O)O)C(=O)NC1C(=O)NCC(=O)NC(CCCN)C(=O)NC(CC(=O)O)C(=O)NC(C)C(=O)NC(CC(=O)O)C(=O)NCC(=O)NC(CO)C(=O)NC(C(C)CC(=O)O)C(=O)NC(CC(=O)c2ccccc2N)C(=O)OC1C. The summed E-state index contributed by atoms with van der Waals surface area (Å²) in [4.78, 5) is 276. The Morgan fingerprint density at radius 1 is 0.547 bits per heavy atom. The second-order valence-corrected chi connectivity index (χ2v) is 27.7. The highest BCUT2D eigenvalue weighted by molar-refractivity contribution is 6.05. The van der Waals surface area contributed by atoms with Crippen molar-refractivity contribution in [2.24, 2.45) is 17.4 Å². The predicted molar refractivity (Wildman–Crippen MR) is 409 cm³/mol. The zero-order chi connectivity index (χ0) is 87.2. The van der Waals surface area contributed by atoms with Crippen molar-refractivity contribution in [1.82, 2.24) is 79.4 Å². The standard InChI is InChI=1S/C73H104N18O26/c1-5-6-7-8-9-10-11-16-24-77-73(116)89-45(26-39-32-78-43-21-15-13-18-40(39)43)66(109)85-46(28-53(76)94)67(110)87-49(31-59(103)104)68(111)91-61-38(4)117-72(115)50(27-52(93)41-19-12-14-20-42(41)75)88-71(114)60(36(2)25-56(97)98)90-69(112)51(35-92)83-55(96)33-79-63(106)47(29-57(99)100)84-62(105)37(3)81-65(108)48(30-58(101)102)86-64(107)44(22-17-23-74)82-54(95)34-80-70(61)113/h12-15,18-21,32,36-38,44-51,60-61,78,92H,5-11,16-17,22-31,33-35,74-75H2,1-4H3,(H2,76,94)(H,79,106)(H,80,113)(H,81,108)(H,82,95)(H,83,96)(H,84,105)(H,85,109)(H,86,107)(H,87,110)(H,88,114)(H,90,112)(H,91,111)(H,97,98)(H,99,100)(H,101,102)(H,103,104)(H2,77,89,116). The van der Waals surface area contributed by atoms with E-state index in [0.717, 1.165) is 65.7 Å². The molecule has 26 N–H and O–H groups in total. The number of carbonyl (C=O) groups is 20. The topological polar surface area (TPSA) is 714 Å². The van der Waals surface area contributed by atoms with E-state index in [1.807, 2.05) is 16.0 Å². The number of anilines is 1. The molecule has 0 bridgehead atoms. The number of carboxylic acid groups (broad SMARTS) is 4. The van der Waals surface area contributed by atoms with Crippen molar-refractivity contribution in [1.29, 1.82) is 0 Å². The second-order valence-electron chi connectivity index (χ2n) is 27.7. The Labute approximate surface area is 669 Å². The number of primary amides is 1. The molecule has 15 amide bonds. The van der Waals surface area contributed by atoms with Gasteiger partial charge in [-0.2, -0.15) is 0 Å². The molecule has 0 radical (unpaired) electrons. The van der Waals surface area contributed by atoms with Crippen LogP contribution in [0.1, 0.15) is 146 Å². The summed E-state index contributed by atoms with van der Waals surface area (Å²) in [5.41, 5.74) is 18.0. The molecule has 2 aromatic carbocycles. The number of ketones is 1. The maximum Gasteiger partial charge on any atom is 0.329 e. The summed E-state index contributed by atoms with van der Waals surface area (Å²) < 4.78 is 5.68. The molecule has 44 heteroatoms. The Bertz CT molecular complexity index is 4080. The molecule has 1 aliphatic heterocycles. The lowest BCUT2D eigenvalue weighted by atomic mass is 9.96. The molecule has 0 aliphatic carbocycles. The number of aliphatic hydroxyl groups excluding tert-OH is 1. The molecule has 1 saturated heterocycles. The molecule has 4 rings (SSSR count). The van der Waals surface area contributed by atoms with Crippen molar-refractivity contribution in [3.63, 3.8) is 0 Å². The van der Waals surface area contributed by atoms with Gasteiger partial charge in [-0.15, -0.1) is 0 Å². The number of hydrogen-bond donors (Lipinski definition) is 23. The third-order valence-corrected chi connectivity index (χ3v) is 18.1. The first-order chi connectivity index (χ1) is 55.4. The third-order valence-electron chi connectivity index (χ3n) is 18.1. The molecule has 3 aromatic rings. The van der Waals surface area contributed by atoms with Crippen LogP contribution in [0, 0.1) is 5.92 Å². The summed E-state index contributed by atoms with van der Waals surface area (Å²) in [6.07, 6.45) is -0.772. The van der Waals surface area contributed by atoms with Crippen LogP contribution in [0.15, 0.2) is 54.7 Å². The lowest BCUT2D eigenvalue weighted by molar-refractivity contribution is -0.156. The average Bonchev–Trinajstić information content (AvgIpc) is 1.75. The van der Waals surface area contributed by atoms with Crippen molar-refractivity contribution >= 4 is 135 Å². The van der Waals surface area contributed by atoms with Gasteiger partial charge in [0.15, 0.2) is 5.78 Å². The number of aliphatic carboxylic acids is 4. The molecule has 1 aromatic heterocycles. The number of nitrogen functional groups attached to an aromatic ring is 1. The van der Waals surface area contributed by atoms with Gasteiger partial charge in [0.1, 0.15) is 72.6 Å². The number of urea groups is 1. The van der Waals surface area contributed by atoms with Crippen LogP contribution < -0.4 is 91.6 Å². The van der Waals surface area contributed by atoms with Gasteiger partial charge in [0.2, 0.25) is 76.8 Å². The smallest absolute Gasteiger partial charge is 0.329 e. The van der Waals surface area contributed by atoms with Crippen LogP contribution in [0.2, 0.25) is 0 Å². The van der Waals surface area contributed by atoms with Crippen LogP contribution in [0.5, 0.6) is 0 Å². The van der Waals surface area contributed by atoms with Crippen molar-refractivity contribution in [3.8, 4) is 0 Å². The molecule has 13 atom stereocenters. The average molecular weight is 1650 g/mol. The van der Waals surface area contributed by atoms with Crippen LogP contribution in [-0.4, -0.2) is 254 Å². The van der Waals surface area contributed by atoms with Crippen molar-refractivity contribution < 1.29 is 126 Å². The molecule has 13 unspecified atom stereocenters. The molecular formula is C73H104N18O26. The van der Waals surface area contributed by atoms with Gasteiger partial charge in [-0.3, -0.25) is 86.3 Å². The Kier molecular flexibility index (Phi) is 40.4. The molecular weight excluding hydrogens is 1540 g/mol. The van der Waals surface area contributed by atoms with Gasteiger partial charge in [-0.05, 0) is 69.3 Å². The van der Waals surface area contributed by atoms with E-state index in [1.54, 1.807) is 30.5 Å². The number of H-pyrrole nitrogens is 1. The van der Waals surface area contributed by atoms with E-state index in [-0.39, 0.29) is 37.2 Å². The van der Waals surface area contributed by atoms with Crippen molar-refractivity contribution in [2.75, 3.05) is 38.5 Å². The highest BCUT2D eigenvalue weighted by Gasteiger charge is 2.41. The number of carboxylic acids is 4. The number of nitrogens with two attached hydrogens (primary N) is 3. The number of rotatable bonds is 36. The molecule has 1 fully saturated rings. The number of para-hydroxylation sites is 2. The molecule has 44 nitrogen and oxygen atoms in total. The van der Waals surface area contributed by atoms with E-state index in [2.05, 4.69) is 70.4 Å². The fourth-order valence-electron chi connectivity index (χ4n) is 11.9. The number of cyclic esters (lactones) is 1. The van der Waals surface area contributed by atoms with Gasteiger partial charge >= 0.3 is 35.9 Å². The summed E-state index contributed by atoms with van der Waals surface area (Å²) >= 11 is 0. The fraction of sp³-hybridized carbons (Fsp3) is 0.534. The Morgan fingerprint density at radius 2 is 1.09 bits per heavy atom. The minimum Gasteiger partial charge on any atom is -0.481 e.